The van der Waals surface area contributed by atoms with Crippen molar-refractivity contribution in [3.8, 4) is 17.2 Å². The largest absolute Gasteiger partial charge is 0.457 e. The monoisotopic (exact) mass is 506 g/mol. The van der Waals surface area contributed by atoms with Crippen LogP contribution in [0.15, 0.2) is 73.1 Å². The highest BCUT2D eigenvalue weighted by atomic mass is 35.5. The van der Waals surface area contributed by atoms with E-state index < -0.39 is 18.0 Å². The van der Waals surface area contributed by atoms with Crippen LogP contribution in [0, 0.1) is 5.41 Å². The van der Waals surface area contributed by atoms with Gasteiger partial charge in [-0.15, -0.1) is 0 Å². The molecule has 2 aromatic carbocycles. The number of halogens is 1. The quantitative estimate of drug-likeness (QED) is 0.529. The van der Waals surface area contributed by atoms with Gasteiger partial charge in [0, 0.05) is 36.3 Å². The first-order valence-corrected chi connectivity index (χ1v) is 12.2. The van der Waals surface area contributed by atoms with Gasteiger partial charge in [0.15, 0.2) is 5.75 Å². The Balaban J connectivity index is 1.24. The number of rotatable bonds is 6. The van der Waals surface area contributed by atoms with Gasteiger partial charge in [-0.3, -0.25) is 19.6 Å². The topological polar surface area (TPSA) is 98.0 Å². The number of carbonyl (C=O) groups excluding carboxylic acids is 2. The third-order valence-electron chi connectivity index (χ3n) is 6.76. The minimum absolute atomic E-state index is 0.331. The number of nitrogens with zero attached hydrogens (tertiary/aromatic N) is 3. The molecule has 0 saturated carbocycles. The number of nitrogens with two attached hydrogens (primary N) is 1. The molecule has 1 aromatic heterocycles. The minimum atomic E-state index is -0.705. The smallest absolute Gasteiger partial charge is 0.416 e. The molecule has 0 bridgehead atoms. The van der Waals surface area contributed by atoms with E-state index in [0.717, 1.165) is 30.7 Å². The molecule has 186 valence electrons. The zero-order chi connectivity index (χ0) is 25.1. The fourth-order valence-electron chi connectivity index (χ4n) is 5.28. The number of benzene rings is 2. The van der Waals surface area contributed by atoms with Crippen molar-refractivity contribution >= 4 is 23.6 Å². The van der Waals surface area contributed by atoms with Gasteiger partial charge >= 0.3 is 6.09 Å². The summed E-state index contributed by atoms with van der Waals surface area (Å²) in [5, 5.41) is 0.657. The van der Waals surface area contributed by atoms with E-state index in [1.54, 1.807) is 30.5 Å². The highest BCUT2D eigenvalue weighted by molar-refractivity contribution is 6.30. The van der Waals surface area contributed by atoms with E-state index in [9.17, 15) is 9.59 Å². The molecule has 8 nitrogen and oxygen atoms in total. The first kappa shape index (κ1) is 24.1. The van der Waals surface area contributed by atoms with Crippen LogP contribution in [0.3, 0.4) is 0 Å². The van der Waals surface area contributed by atoms with Crippen molar-refractivity contribution in [2.75, 3.05) is 19.6 Å². The molecule has 5 rings (SSSR count). The van der Waals surface area contributed by atoms with E-state index in [1.807, 2.05) is 30.3 Å². The lowest BCUT2D eigenvalue weighted by molar-refractivity contribution is -0.147. The lowest BCUT2D eigenvalue weighted by atomic mass is 9.66. The van der Waals surface area contributed by atoms with Crippen LogP contribution in [-0.4, -0.2) is 52.5 Å². The van der Waals surface area contributed by atoms with E-state index >= 15 is 0 Å². The summed E-state index contributed by atoms with van der Waals surface area (Å²) in [6.45, 7) is 2.69. The molecule has 0 radical (unpaired) electrons. The summed E-state index contributed by atoms with van der Waals surface area (Å²) in [7, 11) is 0. The van der Waals surface area contributed by atoms with Crippen LogP contribution >= 0.6 is 11.6 Å². The Morgan fingerprint density at radius 2 is 1.86 bits per heavy atom. The van der Waals surface area contributed by atoms with Crippen LogP contribution in [0.25, 0.3) is 0 Å². The molecule has 2 aliphatic rings. The summed E-state index contributed by atoms with van der Waals surface area (Å²) < 4.78 is 11.4. The second-order valence-corrected chi connectivity index (χ2v) is 9.81. The average Bonchev–Trinajstić information content (AvgIpc) is 2.85. The molecule has 2 unspecified atom stereocenters. The third kappa shape index (κ3) is 5.15. The number of ether oxygens (including phenoxy) is 2. The van der Waals surface area contributed by atoms with Gasteiger partial charge in [0.05, 0.1) is 6.20 Å². The van der Waals surface area contributed by atoms with Gasteiger partial charge in [-0.1, -0.05) is 23.7 Å². The maximum absolute atomic E-state index is 12.7. The van der Waals surface area contributed by atoms with Crippen molar-refractivity contribution in [1.29, 1.82) is 0 Å². The Labute approximate surface area is 214 Å². The van der Waals surface area contributed by atoms with Crippen LogP contribution in [0.2, 0.25) is 5.02 Å². The van der Waals surface area contributed by atoms with Gasteiger partial charge in [0.1, 0.15) is 17.5 Å². The molecule has 2 aliphatic heterocycles. The maximum Gasteiger partial charge on any atom is 0.416 e. The molecule has 2 fully saturated rings. The van der Waals surface area contributed by atoms with Crippen LogP contribution < -0.4 is 15.2 Å². The highest BCUT2D eigenvalue weighted by Gasteiger charge is 2.59. The van der Waals surface area contributed by atoms with E-state index in [4.69, 9.17) is 26.8 Å². The number of hydrogen-bond donors (Lipinski definition) is 1. The summed E-state index contributed by atoms with van der Waals surface area (Å²) in [6, 6.07) is 17.8. The van der Waals surface area contributed by atoms with Crippen molar-refractivity contribution in [3.63, 3.8) is 0 Å². The first-order valence-electron chi connectivity index (χ1n) is 11.8. The van der Waals surface area contributed by atoms with Crippen LogP contribution in [0.4, 0.5) is 4.79 Å². The Morgan fingerprint density at radius 3 is 2.61 bits per heavy atom. The van der Waals surface area contributed by atoms with Crippen molar-refractivity contribution in [1.82, 2.24) is 14.8 Å². The van der Waals surface area contributed by atoms with Crippen molar-refractivity contribution in [2.24, 2.45) is 11.1 Å². The summed E-state index contributed by atoms with van der Waals surface area (Å²) in [5.41, 5.74) is 6.50. The third-order valence-corrected chi connectivity index (χ3v) is 7.01. The molecule has 2 N–H and O–H groups in total. The highest BCUT2D eigenvalue weighted by Crippen LogP contribution is 2.45. The first-order chi connectivity index (χ1) is 17.4. The van der Waals surface area contributed by atoms with Gasteiger partial charge in [0.25, 0.3) is 0 Å². The number of pyridine rings is 1. The van der Waals surface area contributed by atoms with Crippen LogP contribution in [-0.2, 0) is 11.3 Å². The number of piperidine rings is 1. The number of hydrogen-bond acceptors (Lipinski definition) is 6. The normalized spacial score (nSPS) is 21.6. The van der Waals surface area contributed by atoms with E-state index in [-0.39, 0.29) is 5.41 Å². The van der Waals surface area contributed by atoms with Crippen molar-refractivity contribution in [2.45, 2.75) is 25.4 Å². The van der Waals surface area contributed by atoms with E-state index in [1.165, 1.54) is 11.1 Å². The van der Waals surface area contributed by atoms with Gasteiger partial charge in [-0.25, -0.2) is 4.79 Å². The molecule has 36 heavy (non-hydrogen) atoms. The van der Waals surface area contributed by atoms with Crippen LogP contribution in [0.1, 0.15) is 18.4 Å². The number of primary amides is 1. The lowest BCUT2D eigenvalue weighted by Gasteiger charge is -2.58. The SMILES string of the molecule is NC(=O)C1N(C(=O)Oc2cccnc2)CC12CCCN(Cc1cccc(Oc3ccc(Cl)cc3)c1)C2. The average molecular weight is 507 g/mol. The Hall–Kier alpha value is -3.62. The molecule has 2 saturated heterocycles. The standard InChI is InChI=1S/C27H27ClN4O4/c28-20-7-9-21(10-8-20)35-22-5-1-4-19(14-22)16-31-13-3-11-27(17-31)18-32(24(27)25(29)33)26(34)36-23-6-2-12-30-15-23/h1-2,4-10,12,14-15,24H,3,11,13,16-18H2,(H2,29,33). The number of likely N-dealkylation sites (tertiary alicyclic amines) is 2. The fraction of sp³-hybridized carbons (Fsp3) is 0.296. The van der Waals surface area contributed by atoms with Gasteiger partial charge in [0.2, 0.25) is 5.91 Å². The minimum Gasteiger partial charge on any atom is -0.457 e. The zero-order valence-corrected chi connectivity index (χ0v) is 20.4. The molecule has 9 heteroatoms. The fourth-order valence-corrected chi connectivity index (χ4v) is 5.40. The molecular weight excluding hydrogens is 480 g/mol. The predicted octanol–water partition coefficient (Wildman–Crippen LogP) is 4.48. The maximum atomic E-state index is 12.7. The summed E-state index contributed by atoms with van der Waals surface area (Å²) >= 11 is 5.96. The summed E-state index contributed by atoms with van der Waals surface area (Å²) in [4.78, 5) is 32.9. The number of amides is 2. The van der Waals surface area contributed by atoms with Gasteiger partial charge in [-0.2, -0.15) is 0 Å². The Bertz CT molecular complexity index is 1240. The van der Waals surface area contributed by atoms with Crippen molar-refractivity contribution in [3.05, 3.63) is 83.6 Å². The predicted molar refractivity (Wildman–Crippen MR) is 135 cm³/mol. The number of aromatic nitrogens is 1. The lowest BCUT2D eigenvalue weighted by Crippen LogP contribution is -2.74. The summed E-state index contributed by atoms with van der Waals surface area (Å²) in [6.07, 6.45) is 4.21. The van der Waals surface area contributed by atoms with Gasteiger partial charge in [-0.05, 0) is 73.5 Å². The second kappa shape index (κ2) is 10.2. The van der Waals surface area contributed by atoms with Gasteiger partial charge < -0.3 is 15.2 Å². The molecule has 3 heterocycles. The van der Waals surface area contributed by atoms with Crippen molar-refractivity contribution < 1.29 is 19.1 Å². The Morgan fingerprint density at radius 1 is 1.06 bits per heavy atom. The Kier molecular flexibility index (Phi) is 6.80. The molecular formula is C27H27ClN4O4. The molecule has 2 amide bonds. The molecule has 1 spiro atoms. The van der Waals surface area contributed by atoms with E-state index in [2.05, 4.69) is 16.0 Å². The van der Waals surface area contributed by atoms with Crippen LogP contribution in [0.5, 0.6) is 17.2 Å². The summed E-state index contributed by atoms with van der Waals surface area (Å²) in [5.74, 6) is 1.28. The number of carbonyl (C=O) groups is 2. The van der Waals surface area contributed by atoms with E-state index in [0.29, 0.717) is 36.2 Å². The molecule has 0 aliphatic carbocycles. The second-order valence-electron chi connectivity index (χ2n) is 9.37. The zero-order valence-electron chi connectivity index (χ0n) is 19.7. The molecule has 3 aromatic rings. The molecule has 2 atom stereocenters.